The molecule has 1 aliphatic rings. The van der Waals surface area contributed by atoms with E-state index in [2.05, 4.69) is 0 Å². The summed E-state index contributed by atoms with van der Waals surface area (Å²) in [4.78, 5) is 0. The Morgan fingerprint density at radius 1 is 0.727 bits per heavy atom. The molecule has 0 amide bonds. The van der Waals surface area contributed by atoms with Crippen molar-refractivity contribution < 1.29 is 29.9 Å². The van der Waals surface area contributed by atoms with Gasteiger partial charge in [-0.05, 0) is 30.5 Å². The fourth-order valence-electron chi connectivity index (χ4n) is 4.48. The van der Waals surface area contributed by atoms with Crippen molar-refractivity contribution in [1.29, 1.82) is 0 Å². The van der Waals surface area contributed by atoms with Gasteiger partial charge in [-0.25, -0.2) is 0 Å². The fraction of sp³-hybridized carbons (Fsp3) is 0.333. The minimum absolute atomic E-state index is 0.448. The quantitative estimate of drug-likeness (QED) is 0.461. The van der Waals surface area contributed by atoms with Gasteiger partial charge in [0.05, 0.1) is 0 Å². The van der Waals surface area contributed by atoms with Crippen molar-refractivity contribution in [2.75, 3.05) is 0 Å². The van der Waals surface area contributed by atoms with E-state index in [1.807, 2.05) is 18.2 Å². The van der Waals surface area contributed by atoms with Gasteiger partial charge in [-0.3, -0.25) is 0 Å². The van der Waals surface area contributed by atoms with E-state index in [1.54, 1.807) is 86.6 Å². The van der Waals surface area contributed by atoms with Crippen LogP contribution in [0.25, 0.3) is 0 Å². The number of hydrogen-bond donors (Lipinski definition) is 4. The Hall–Kier alpha value is -2.58. The minimum Gasteiger partial charge on any atom is -0.387 e. The standard InChI is InChI=1S/C27H30O6/c1-26(2)32-23(21(28)18-12-6-3-7-13-18)22(29)24(33-26)25(30)27(31,19-14-8-4-9-15-19)20-16-10-5-11-17-20/h3-17,21-25,28-31H,1-2H3/t21-,22-,23+,24+,25+/m0/s1. The largest absolute Gasteiger partial charge is 0.387 e. The summed E-state index contributed by atoms with van der Waals surface area (Å²) in [5.41, 5.74) is -0.425. The third kappa shape index (κ3) is 4.59. The van der Waals surface area contributed by atoms with Crippen LogP contribution in [0.1, 0.15) is 36.6 Å². The Labute approximate surface area is 193 Å². The van der Waals surface area contributed by atoms with Crippen LogP contribution >= 0.6 is 0 Å². The maximum absolute atomic E-state index is 12.0. The number of hydrogen-bond acceptors (Lipinski definition) is 6. The van der Waals surface area contributed by atoms with E-state index in [9.17, 15) is 20.4 Å². The van der Waals surface area contributed by atoms with Gasteiger partial charge in [0.1, 0.15) is 36.1 Å². The molecule has 3 aromatic rings. The highest BCUT2D eigenvalue weighted by Crippen LogP contribution is 2.41. The number of benzene rings is 3. The number of aliphatic hydroxyl groups excluding tert-OH is 3. The average Bonchev–Trinajstić information content (AvgIpc) is 2.85. The van der Waals surface area contributed by atoms with Gasteiger partial charge in [0.25, 0.3) is 0 Å². The highest BCUT2D eigenvalue weighted by atomic mass is 16.7. The molecule has 0 aliphatic carbocycles. The number of aliphatic hydroxyl groups is 4. The molecule has 174 valence electrons. The highest BCUT2D eigenvalue weighted by molar-refractivity contribution is 5.38. The zero-order chi connectivity index (χ0) is 23.6. The molecule has 4 rings (SSSR count). The zero-order valence-corrected chi connectivity index (χ0v) is 18.7. The first kappa shape index (κ1) is 23.6. The summed E-state index contributed by atoms with van der Waals surface area (Å²) in [6.45, 7) is 3.29. The summed E-state index contributed by atoms with van der Waals surface area (Å²) < 4.78 is 11.9. The molecule has 0 bridgehead atoms. The molecule has 3 aromatic carbocycles. The van der Waals surface area contributed by atoms with E-state index in [0.29, 0.717) is 16.7 Å². The second-order valence-corrected chi connectivity index (χ2v) is 8.85. The summed E-state index contributed by atoms with van der Waals surface area (Å²) in [5.74, 6) is -1.24. The molecule has 4 N–H and O–H groups in total. The SMILES string of the molecule is CC1(C)O[C@@H]([C@@H](O)C(O)(c2ccccc2)c2ccccc2)[C@@H](O)[C@@H]([C@@H](O)c2ccccc2)O1. The predicted octanol–water partition coefficient (Wildman–Crippen LogP) is 2.90. The zero-order valence-electron chi connectivity index (χ0n) is 18.7. The van der Waals surface area contributed by atoms with Crippen LogP contribution in [-0.4, -0.2) is 50.6 Å². The van der Waals surface area contributed by atoms with Gasteiger partial charge in [-0.2, -0.15) is 0 Å². The van der Waals surface area contributed by atoms with Gasteiger partial charge in [0.2, 0.25) is 0 Å². The molecule has 0 unspecified atom stereocenters. The van der Waals surface area contributed by atoms with Crippen molar-refractivity contribution >= 4 is 0 Å². The predicted molar refractivity (Wildman–Crippen MR) is 123 cm³/mol. The lowest BCUT2D eigenvalue weighted by Gasteiger charge is -2.49. The average molecular weight is 451 g/mol. The van der Waals surface area contributed by atoms with Crippen LogP contribution in [0.2, 0.25) is 0 Å². The first-order chi connectivity index (χ1) is 15.7. The topological polar surface area (TPSA) is 99.4 Å². The van der Waals surface area contributed by atoms with Gasteiger partial charge in [0, 0.05) is 0 Å². The molecule has 0 saturated carbocycles. The van der Waals surface area contributed by atoms with Crippen LogP contribution in [0.15, 0.2) is 91.0 Å². The third-order valence-corrected chi connectivity index (χ3v) is 6.13. The monoisotopic (exact) mass is 450 g/mol. The van der Waals surface area contributed by atoms with Crippen molar-refractivity contribution in [3.8, 4) is 0 Å². The Bertz CT molecular complexity index is 985. The lowest BCUT2D eigenvalue weighted by Crippen LogP contribution is -2.63. The lowest BCUT2D eigenvalue weighted by molar-refractivity contribution is -0.364. The molecule has 0 aromatic heterocycles. The first-order valence-electron chi connectivity index (χ1n) is 11.0. The summed E-state index contributed by atoms with van der Waals surface area (Å²) in [5, 5.41) is 45.8. The molecule has 33 heavy (non-hydrogen) atoms. The summed E-state index contributed by atoms with van der Waals surface area (Å²) in [6, 6.07) is 26.4. The molecule has 1 fully saturated rings. The van der Waals surface area contributed by atoms with Crippen molar-refractivity contribution in [1.82, 2.24) is 0 Å². The Kier molecular flexibility index (Phi) is 6.68. The highest BCUT2D eigenvalue weighted by Gasteiger charge is 2.54. The van der Waals surface area contributed by atoms with E-state index < -0.39 is 41.9 Å². The van der Waals surface area contributed by atoms with E-state index in [-0.39, 0.29) is 0 Å². The Balaban J connectivity index is 1.74. The van der Waals surface area contributed by atoms with Gasteiger partial charge in [-0.15, -0.1) is 0 Å². The molecule has 1 saturated heterocycles. The van der Waals surface area contributed by atoms with Crippen LogP contribution in [0, 0.1) is 0 Å². The van der Waals surface area contributed by atoms with Gasteiger partial charge in [0.15, 0.2) is 5.79 Å². The molecule has 0 spiro atoms. The van der Waals surface area contributed by atoms with E-state index in [4.69, 9.17) is 9.47 Å². The first-order valence-corrected chi connectivity index (χ1v) is 11.0. The third-order valence-electron chi connectivity index (χ3n) is 6.13. The summed E-state index contributed by atoms with van der Waals surface area (Å²) >= 11 is 0. The van der Waals surface area contributed by atoms with Crippen molar-refractivity contribution in [3.63, 3.8) is 0 Å². The molecule has 1 heterocycles. The Morgan fingerprint density at radius 2 is 1.15 bits per heavy atom. The molecular formula is C27H30O6. The van der Waals surface area contributed by atoms with Crippen molar-refractivity contribution in [2.24, 2.45) is 0 Å². The van der Waals surface area contributed by atoms with Crippen molar-refractivity contribution in [2.45, 2.75) is 55.8 Å². The molecule has 6 nitrogen and oxygen atoms in total. The molecule has 0 radical (unpaired) electrons. The van der Waals surface area contributed by atoms with Crippen LogP contribution < -0.4 is 0 Å². The maximum atomic E-state index is 12.0. The summed E-state index contributed by atoms with van der Waals surface area (Å²) in [7, 11) is 0. The Morgan fingerprint density at radius 3 is 1.64 bits per heavy atom. The van der Waals surface area contributed by atoms with Crippen LogP contribution in [0.4, 0.5) is 0 Å². The number of ether oxygens (including phenoxy) is 2. The van der Waals surface area contributed by atoms with E-state index >= 15 is 0 Å². The van der Waals surface area contributed by atoms with Crippen LogP contribution in [0.3, 0.4) is 0 Å². The molecule has 6 heteroatoms. The molecule has 1 aliphatic heterocycles. The summed E-state index contributed by atoms with van der Waals surface area (Å²) in [6.07, 6.45) is -6.53. The van der Waals surface area contributed by atoms with Crippen LogP contribution in [0.5, 0.6) is 0 Å². The van der Waals surface area contributed by atoms with Crippen LogP contribution in [-0.2, 0) is 15.1 Å². The van der Waals surface area contributed by atoms with Gasteiger partial charge in [-0.1, -0.05) is 91.0 Å². The van der Waals surface area contributed by atoms with Gasteiger partial charge >= 0.3 is 0 Å². The second kappa shape index (κ2) is 9.35. The van der Waals surface area contributed by atoms with Gasteiger partial charge < -0.3 is 29.9 Å². The second-order valence-electron chi connectivity index (χ2n) is 8.85. The van der Waals surface area contributed by atoms with Crippen molar-refractivity contribution in [3.05, 3.63) is 108 Å². The smallest absolute Gasteiger partial charge is 0.164 e. The van der Waals surface area contributed by atoms with E-state index in [0.717, 1.165) is 0 Å². The normalized spacial score (nSPS) is 24.7. The minimum atomic E-state index is -1.89. The molecular weight excluding hydrogens is 420 g/mol. The molecule has 5 atom stereocenters. The lowest BCUT2D eigenvalue weighted by atomic mass is 9.77. The number of rotatable bonds is 6. The van der Waals surface area contributed by atoms with E-state index in [1.165, 1.54) is 0 Å². The maximum Gasteiger partial charge on any atom is 0.164 e. The fourth-order valence-corrected chi connectivity index (χ4v) is 4.48.